The Kier molecular flexibility index (Phi) is 5.01. The molecule has 0 N–H and O–H groups in total. The quantitative estimate of drug-likeness (QED) is 0.394. The van der Waals surface area contributed by atoms with Crippen LogP contribution in [0.1, 0.15) is 17.3 Å². The highest BCUT2D eigenvalue weighted by Gasteiger charge is 2.17. The lowest BCUT2D eigenvalue weighted by molar-refractivity contribution is 0.258. The predicted molar refractivity (Wildman–Crippen MR) is 117 cm³/mol. The second-order valence-corrected chi connectivity index (χ2v) is 7.47. The van der Waals surface area contributed by atoms with Crippen molar-refractivity contribution in [1.29, 1.82) is 0 Å². The van der Waals surface area contributed by atoms with Gasteiger partial charge >= 0.3 is 0 Å². The van der Waals surface area contributed by atoms with Crippen molar-refractivity contribution in [3.05, 3.63) is 84.3 Å². The van der Waals surface area contributed by atoms with Crippen LogP contribution in [0.3, 0.4) is 0 Å². The number of nitrogens with zero attached hydrogens (tertiary/aromatic N) is 5. The van der Waals surface area contributed by atoms with Crippen molar-refractivity contribution in [2.24, 2.45) is 0 Å². The third-order valence-corrected chi connectivity index (χ3v) is 5.13. The van der Waals surface area contributed by atoms with Gasteiger partial charge in [-0.2, -0.15) is 4.98 Å². The largest absolute Gasteiger partial charge is 0.441 e. The van der Waals surface area contributed by atoms with Gasteiger partial charge < -0.3 is 8.94 Å². The summed E-state index contributed by atoms with van der Waals surface area (Å²) in [5.74, 6) is 2.51. The number of aromatic nitrogens is 4. The van der Waals surface area contributed by atoms with E-state index in [4.69, 9.17) is 13.9 Å². The van der Waals surface area contributed by atoms with Crippen LogP contribution in [0.4, 0.5) is 0 Å². The van der Waals surface area contributed by atoms with E-state index in [1.54, 1.807) is 12.4 Å². The van der Waals surface area contributed by atoms with Crippen LogP contribution in [-0.2, 0) is 13.1 Å². The van der Waals surface area contributed by atoms with E-state index in [0.717, 1.165) is 33.4 Å². The molecule has 0 aliphatic carbocycles. The van der Waals surface area contributed by atoms with Crippen LogP contribution in [0.2, 0.25) is 0 Å². The van der Waals surface area contributed by atoms with Crippen LogP contribution in [0, 0.1) is 6.92 Å². The van der Waals surface area contributed by atoms with E-state index in [9.17, 15) is 0 Å². The molecule has 31 heavy (non-hydrogen) atoms. The summed E-state index contributed by atoms with van der Waals surface area (Å²) in [6.07, 6.45) is 3.43. The molecule has 2 aromatic carbocycles. The Morgan fingerprint density at radius 3 is 2.68 bits per heavy atom. The average molecular weight is 411 g/mol. The molecule has 7 heteroatoms. The van der Waals surface area contributed by atoms with Crippen LogP contribution in [0.25, 0.3) is 33.6 Å². The molecule has 3 aromatic heterocycles. The maximum atomic E-state index is 6.03. The van der Waals surface area contributed by atoms with Crippen molar-refractivity contribution in [3.63, 3.8) is 0 Å². The molecular formula is C24H21N5O2. The van der Waals surface area contributed by atoms with E-state index in [1.165, 1.54) is 0 Å². The molecule has 3 heterocycles. The molecular weight excluding hydrogens is 390 g/mol. The van der Waals surface area contributed by atoms with E-state index >= 15 is 0 Å². The van der Waals surface area contributed by atoms with Gasteiger partial charge in [-0.05, 0) is 42.9 Å². The Balaban J connectivity index is 1.33. The van der Waals surface area contributed by atoms with E-state index in [-0.39, 0.29) is 0 Å². The van der Waals surface area contributed by atoms with Crippen LogP contribution >= 0.6 is 0 Å². The Morgan fingerprint density at radius 2 is 1.81 bits per heavy atom. The van der Waals surface area contributed by atoms with Crippen LogP contribution in [0.15, 0.2) is 75.9 Å². The van der Waals surface area contributed by atoms with E-state index in [2.05, 4.69) is 38.2 Å². The molecule has 0 spiro atoms. The summed E-state index contributed by atoms with van der Waals surface area (Å²) < 4.78 is 11.4. The SMILES string of the molecule is Cc1oc(-c2cccc3ccccc23)nc1CN(C)Cc1nc(-c2cccnc2)no1. The first-order chi connectivity index (χ1) is 15.2. The van der Waals surface area contributed by atoms with Crippen LogP contribution in [0.5, 0.6) is 0 Å². The van der Waals surface area contributed by atoms with Crippen molar-refractivity contribution >= 4 is 10.8 Å². The van der Waals surface area contributed by atoms with Gasteiger partial charge in [0.05, 0.1) is 12.2 Å². The number of pyridine rings is 1. The van der Waals surface area contributed by atoms with Crippen LogP contribution < -0.4 is 0 Å². The highest BCUT2D eigenvalue weighted by atomic mass is 16.5. The van der Waals surface area contributed by atoms with Crippen molar-refractivity contribution in [2.45, 2.75) is 20.0 Å². The minimum Gasteiger partial charge on any atom is -0.441 e. The topological polar surface area (TPSA) is 81.1 Å². The molecule has 0 atom stereocenters. The van der Waals surface area contributed by atoms with Crippen molar-refractivity contribution in [2.75, 3.05) is 7.05 Å². The molecule has 5 rings (SSSR count). The maximum absolute atomic E-state index is 6.03. The van der Waals surface area contributed by atoms with Crippen LogP contribution in [-0.4, -0.2) is 32.1 Å². The summed E-state index contributed by atoms with van der Waals surface area (Å²) in [6, 6.07) is 18.1. The van der Waals surface area contributed by atoms with Gasteiger partial charge in [-0.3, -0.25) is 9.88 Å². The highest BCUT2D eigenvalue weighted by Crippen LogP contribution is 2.29. The minimum absolute atomic E-state index is 0.503. The monoisotopic (exact) mass is 411 g/mol. The smallest absolute Gasteiger partial charge is 0.241 e. The molecule has 154 valence electrons. The Morgan fingerprint density at radius 1 is 0.935 bits per heavy atom. The highest BCUT2D eigenvalue weighted by molar-refractivity contribution is 5.94. The van der Waals surface area contributed by atoms with E-state index < -0.39 is 0 Å². The normalized spacial score (nSPS) is 11.5. The Labute approximate surface area is 179 Å². The number of rotatable bonds is 6. The zero-order valence-corrected chi connectivity index (χ0v) is 17.3. The summed E-state index contributed by atoms with van der Waals surface area (Å²) in [6.45, 7) is 3.05. The molecule has 0 aliphatic rings. The summed E-state index contributed by atoms with van der Waals surface area (Å²) in [5, 5.41) is 6.34. The number of aryl methyl sites for hydroxylation is 1. The fraction of sp³-hybridized carbons (Fsp3) is 0.167. The van der Waals surface area contributed by atoms with Gasteiger partial charge in [-0.15, -0.1) is 0 Å². The fourth-order valence-electron chi connectivity index (χ4n) is 3.58. The molecule has 7 nitrogen and oxygen atoms in total. The first-order valence-corrected chi connectivity index (χ1v) is 10.0. The predicted octanol–water partition coefficient (Wildman–Crippen LogP) is 4.88. The summed E-state index contributed by atoms with van der Waals surface area (Å²) in [7, 11) is 1.99. The lowest BCUT2D eigenvalue weighted by atomic mass is 10.0. The van der Waals surface area contributed by atoms with Gasteiger partial charge in [0.15, 0.2) is 0 Å². The molecule has 0 radical (unpaired) electrons. The number of benzene rings is 2. The number of oxazole rings is 1. The molecule has 0 fully saturated rings. The van der Waals surface area contributed by atoms with Gasteiger partial charge in [0.25, 0.3) is 0 Å². The molecule has 0 saturated carbocycles. The minimum atomic E-state index is 0.503. The van der Waals surface area contributed by atoms with Gasteiger partial charge in [0.2, 0.25) is 17.6 Å². The van der Waals surface area contributed by atoms with Crippen molar-refractivity contribution < 1.29 is 8.94 Å². The molecule has 0 aliphatic heterocycles. The lowest BCUT2D eigenvalue weighted by Crippen LogP contribution is -2.18. The average Bonchev–Trinajstić information content (AvgIpc) is 3.40. The second kappa shape index (κ2) is 8.12. The number of hydrogen-bond donors (Lipinski definition) is 0. The zero-order chi connectivity index (χ0) is 21.2. The van der Waals surface area contributed by atoms with E-state index in [1.807, 2.05) is 50.4 Å². The first-order valence-electron chi connectivity index (χ1n) is 10.0. The molecule has 0 saturated heterocycles. The number of fused-ring (bicyclic) bond motifs is 1. The summed E-state index contributed by atoms with van der Waals surface area (Å²) >= 11 is 0. The van der Waals surface area contributed by atoms with Gasteiger partial charge in [-0.25, -0.2) is 4.98 Å². The standard InChI is InChI=1S/C24H21N5O2/c1-16-21(26-24(30-16)20-11-5-8-17-7-3-4-10-19(17)20)14-29(2)15-22-27-23(28-31-22)18-9-6-12-25-13-18/h3-13H,14-15H2,1-2H3. The third kappa shape index (κ3) is 3.95. The maximum Gasteiger partial charge on any atom is 0.241 e. The number of hydrogen-bond acceptors (Lipinski definition) is 7. The van der Waals surface area contributed by atoms with Gasteiger partial charge in [0, 0.05) is 30.1 Å². The van der Waals surface area contributed by atoms with Crippen molar-refractivity contribution in [3.8, 4) is 22.8 Å². The third-order valence-electron chi connectivity index (χ3n) is 5.13. The second-order valence-electron chi connectivity index (χ2n) is 7.47. The Bertz CT molecular complexity index is 1320. The molecule has 0 unspecified atom stereocenters. The molecule has 0 bridgehead atoms. The van der Waals surface area contributed by atoms with Gasteiger partial charge in [0.1, 0.15) is 5.76 Å². The fourth-order valence-corrected chi connectivity index (χ4v) is 3.58. The van der Waals surface area contributed by atoms with Gasteiger partial charge in [-0.1, -0.05) is 41.6 Å². The first kappa shape index (κ1) is 19.1. The van der Waals surface area contributed by atoms with E-state index in [0.29, 0.717) is 30.7 Å². The zero-order valence-electron chi connectivity index (χ0n) is 17.3. The molecule has 0 amide bonds. The molecule has 5 aromatic rings. The lowest BCUT2D eigenvalue weighted by Gasteiger charge is -2.12. The summed E-state index contributed by atoms with van der Waals surface area (Å²) in [4.78, 5) is 15.4. The van der Waals surface area contributed by atoms with Crippen molar-refractivity contribution in [1.82, 2.24) is 25.0 Å². The Hall–Kier alpha value is -3.84. The summed E-state index contributed by atoms with van der Waals surface area (Å²) in [5.41, 5.74) is 2.71.